The zero-order valence-electron chi connectivity index (χ0n) is 14.2. The number of hydrogen-bond acceptors (Lipinski definition) is 4. The SMILES string of the molecule is O=C1Cc2c(ccc3c2OC(CNCc2ccc(C(F)(F)F)cc2)CO3)N1. The highest BCUT2D eigenvalue weighted by atomic mass is 19.4. The van der Waals surface area contributed by atoms with Gasteiger partial charge in [0, 0.05) is 24.3 Å². The van der Waals surface area contributed by atoms with Crippen LogP contribution in [0.15, 0.2) is 36.4 Å². The summed E-state index contributed by atoms with van der Waals surface area (Å²) in [7, 11) is 0. The number of carbonyl (C=O) groups is 1. The molecule has 1 amide bonds. The van der Waals surface area contributed by atoms with Crippen molar-refractivity contribution >= 4 is 11.6 Å². The molecule has 27 heavy (non-hydrogen) atoms. The number of halogens is 3. The van der Waals surface area contributed by atoms with Gasteiger partial charge in [-0.1, -0.05) is 12.1 Å². The first-order valence-electron chi connectivity index (χ1n) is 8.52. The van der Waals surface area contributed by atoms with E-state index in [-0.39, 0.29) is 18.4 Å². The lowest BCUT2D eigenvalue weighted by atomic mass is 10.1. The van der Waals surface area contributed by atoms with Crippen LogP contribution in [0.2, 0.25) is 0 Å². The Balaban J connectivity index is 1.34. The fourth-order valence-corrected chi connectivity index (χ4v) is 3.17. The Morgan fingerprint density at radius 1 is 1.15 bits per heavy atom. The Morgan fingerprint density at radius 3 is 2.67 bits per heavy atom. The van der Waals surface area contributed by atoms with Crippen molar-refractivity contribution in [3.63, 3.8) is 0 Å². The van der Waals surface area contributed by atoms with E-state index in [1.165, 1.54) is 12.1 Å². The third-order valence-electron chi connectivity index (χ3n) is 4.53. The monoisotopic (exact) mass is 378 g/mol. The summed E-state index contributed by atoms with van der Waals surface area (Å²) >= 11 is 0. The largest absolute Gasteiger partial charge is 0.486 e. The van der Waals surface area contributed by atoms with Crippen LogP contribution in [0.3, 0.4) is 0 Å². The lowest BCUT2D eigenvalue weighted by molar-refractivity contribution is -0.137. The molecule has 2 aliphatic rings. The average molecular weight is 378 g/mol. The predicted octanol–water partition coefficient (Wildman–Crippen LogP) is 3.13. The number of alkyl halides is 3. The molecular weight excluding hydrogens is 361 g/mol. The highest BCUT2D eigenvalue weighted by Gasteiger charge is 2.31. The summed E-state index contributed by atoms with van der Waals surface area (Å²) in [6, 6.07) is 8.61. The lowest BCUT2D eigenvalue weighted by Gasteiger charge is -2.28. The second kappa shape index (κ2) is 6.77. The van der Waals surface area contributed by atoms with Gasteiger partial charge in [0.25, 0.3) is 0 Å². The van der Waals surface area contributed by atoms with Crippen LogP contribution < -0.4 is 20.1 Å². The van der Waals surface area contributed by atoms with Crippen molar-refractivity contribution in [2.75, 3.05) is 18.5 Å². The zero-order chi connectivity index (χ0) is 19.0. The van der Waals surface area contributed by atoms with Crippen LogP contribution in [0.5, 0.6) is 11.5 Å². The van der Waals surface area contributed by atoms with Crippen molar-refractivity contribution in [2.45, 2.75) is 25.2 Å². The van der Waals surface area contributed by atoms with Gasteiger partial charge in [-0.2, -0.15) is 13.2 Å². The van der Waals surface area contributed by atoms with Crippen molar-refractivity contribution in [3.8, 4) is 11.5 Å². The Bertz CT molecular complexity index is 866. The van der Waals surface area contributed by atoms with E-state index in [2.05, 4.69) is 10.6 Å². The first-order valence-corrected chi connectivity index (χ1v) is 8.52. The second-order valence-corrected chi connectivity index (χ2v) is 6.52. The third-order valence-corrected chi connectivity index (χ3v) is 4.53. The van der Waals surface area contributed by atoms with Crippen molar-refractivity contribution in [2.24, 2.45) is 0 Å². The molecule has 2 aromatic carbocycles. The Morgan fingerprint density at radius 2 is 1.93 bits per heavy atom. The quantitative estimate of drug-likeness (QED) is 0.858. The topological polar surface area (TPSA) is 59.6 Å². The number of anilines is 1. The molecule has 2 aromatic rings. The molecule has 5 nitrogen and oxygen atoms in total. The molecular formula is C19H17F3N2O3. The molecule has 1 unspecified atom stereocenters. The van der Waals surface area contributed by atoms with E-state index >= 15 is 0 Å². The third kappa shape index (κ3) is 3.71. The predicted molar refractivity (Wildman–Crippen MR) is 91.8 cm³/mol. The summed E-state index contributed by atoms with van der Waals surface area (Å²) < 4.78 is 49.5. The molecule has 0 spiro atoms. The van der Waals surface area contributed by atoms with Crippen LogP contribution in [-0.4, -0.2) is 25.2 Å². The number of nitrogens with one attached hydrogen (secondary N) is 2. The molecule has 142 valence electrons. The number of amides is 1. The fraction of sp³-hybridized carbons (Fsp3) is 0.316. The summed E-state index contributed by atoms with van der Waals surface area (Å²) in [6.45, 7) is 1.23. The molecule has 0 aliphatic carbocycles. The molecule has 2 N–H and O–H groups in total. The molecule has 0 saturated carbocycles. The molecule has 0 fully saturated rings. The maximum absolute atomic E-state index is 12.6. The van der Waals surface area contributed by atoms with Crippen molar-refractivity contribution in [1.29, 1.82) is 0 Å². The van der Waals surface area contributed by atoms with Gasteiger partial charge in [-0.3, -0.25) is 4.79 Å². The van der Waals surface area contributed by atoms with Crippen LogP contribution >= 0.6 is 0 Å². The standard InChI is InChI=1S/C19H17F3N2O3/c20-19(21,22)12-3-1-11(2-4-12)8-23-9-13-10-26-16-6-5-15-14(18(16)27-13)7-17(25)24-15/h1-6,13,23H,7-10H2,(H,24,25). The first-order chi connectivity index (χ1) is 12.9. The first kappa shape index (κ1) is 17.7. The number of ether oxygens (including phenoxy) is 2. The van der Waals surface area contributed by atoms with Gasteiger partial charge in [-0.25, -0.2) is 0 Å². The van der Waals surface area contributed by atoms with Crippen molar-refractivity contribution in [1.82, 2.24) is 5.32 Å². The van der Waals surface area contributed by atoms with E-state index < -0.39 is 11.7 Å². The highest BCUT2D eigenvalue weighted by molar-refractivity contribution is 6.00. The molecule has 0 aromatic heterocycles. The maximum atomic E-state index is 12.6. The summed E-state index contributed by atoms with van der Waals surface area (Å²) in [5.41, 5.74) is 1.62. The molecule has 2 heterocycles. The lowest BCUT2D eigenvalue weighted by Crippen LogP contribution is -2.38. The van der Waals surface area contributed by atoms with E-state index in [0.717, 1.165) is 28.9 Å². The van der Waals surface area contributed by atoms with Gasteiger partial charge in [0.2, 0.25) is 5.91 Å². The Hall–Kier alpha value is -2.74. The van der Waals surface area contributed by atoms with E-state index in [1.54, 1.807) is 12.1 Å². The number of rotatable bonds is 4. The molecule has 4 rings (SSSR count). The highest BCUT2D eigenvalue weighted by Crippen LogP contribution is 2.41. The van der Waals surface area contributed by atoms with Gasteiger partial charge in [0.05, 0.1) is 12.0 Å². The normalized spacial score (nSPS) is 18.2. The van der Waals surface area contributed by atoms with Crippen molar-refractivity contribution in [3.05, 3.63) is 53.1 Å². The summed E-state index contributed by atoms with van der Waals surface area (Å²) in [6.07, 6.45) is -4.33. The second-order valence-electron chi connectivity index (χ2n) is 6.52. The Kier molecular flexibility index (Phi) is 4.43. The minimum atomic E-state index is -4.33. The van der Waals surface area contributed by atoms with Gasteiger partial charge in [0.15, 0.2) is 11.5 Å². The van der Waals surface area contributed by atoms with Crippen LogP contribution in [0, 0.1) is 0 Å². The summed E-state index contributed by atoms with van der Waals surface area (Å²) in [5.74, 6) is 1.12. The molecule has 2 aliphatic heterocycles. The summed E-state index contributed by atoms with van der Waals surface area (Å²) in [5, 5.41) is 5.94. The molecule has 8 heteroatoms. The van der Waals surface area contributed by atoms with Crippen LogP contribution in [0.25, 0.3) is 0 Å². The van der Waals surface area contributed by atoms with Gasteiger partial charge in [0.1, 0.15) is 12.7 Å². The maximum Gasteiger partial charge on any atom is 0.416 e. The smallest absolute Gasteiger partial charge is 0.416 e. The van der Waals surface area contributed by atoms with Crippen LogP contribution in [0.4, 0.5) is 18.9 Å². The Labute approximate surface area is 153 Å². The number of benzene rings is 2. The van der Waals surface area contributed by atoms with E-state index in [9.17, 15) is 18.0 Å². The van der Waals surface area contributed by atoms with Gasteiger partial charge in [-0.05, 0) is 29.8 Å². The van der Waals surface area contributed by atoms with Crippen molar-refractivity contribution < 1.29 is 27.4 Å². The fourth-order valence-electron chi connectivity index (χ4n) is 3.17. The van der Waals surface area contributed by atoms with Gasteiger partial charge in [-0.15, -0.1) is 0 Å². The minimum Gasteiger partial charge on any atom is -0.486 e. The van der Waals surface area contributed by atoms with E-state index in [0.29, 0.717) is 31.2 Å². The molecule has 0 bridgehead atoms. The van der Waals surface area contributed by atoms with Gasteiger partial charge >= 0.3 is 6.18 Å². The zero-order valence-corrected chi connectivity index (χ0v) is 14.2. The minimum absolute atomic E-state index is 0.0791. The van der Waals surface area contributed by atoms with E-state index in [4.69, 9.17) is 9.47 Å². The number of carbonyl (C=O) groups excluding carboxylic acids is 1. The molecule has 0 radical (unpaired) electrons. The molecule has 1 atom stereocenters. The average Bonchev–Trinajstić information content (AvgIpc) is 3.02. The summed E-state index contributed by atoms with van der Waals surface area (Å²) in [4.78, 5) is 11.6. The molecule has 0 saturated heterocycles. The van der Waals surface area contributed by atoms with Gasteiger partial charge < -0.3 is 20.1 Å². The van der Waals surface area contributed by atoms with E-state index in [1.807, 2.05) is 0 Å². The van der Waals surface area contributed by atoms with Crippen LogP contribution in [-0.2, 0) is 23.9 Å². The van der Waals surface area contributed by atoms with Crippen LogP contribution in [0.1, 0.15) is 16.7 Å². The number of fused-ring (bicyclic) bond motifs is 3. The number of hydrogen-bond donors (Lipinski definition) is 2.